The summed E-state index contributed by atoms with van der Waals surface area (Å²) in [5.41, 5.74) is 14.3. The summed E-state index contributed by atoms with van der Waals surface area (Å²) in [6.45, 7) is 2.88. The van der Waals surface area contributed by atoms with Crippen molar-refractivity contribution in [3.63, 3.8) is 0 Å². The predicted molar refractivity (Wildman–Crippen MR) is 74.4 cm³/mol. The minimum atomic E-state index is -1.10. The van der Waals surface area contributed by atoms with Crippen molar-refractivity contribution in [3.8, 4) is 0 Å². The highest BCUT2D eigenvalue weighted by atomic mass is 32.2. The molecule has 0 spiro atoms. The van der Waals surface area contributed by atoms with Crippen LogP contribution in [0.1, 0.15) is 13.8 Å². The van der Waals surface area contributed by atoms with Gasteiger partial charge in [0.05, 0.1) is 0 Å². The van der Waals surface area contributed by atoms with E-state index in [2.05, 4.69) is 0 Å². The third kappa shape index (κ3) is 11.7. The van der Waals surface area contributed by atoms with Crippen LogP contribution in [0.25, 0.3) is 0 Å². The van der Waals surface area contributed by atoms with Crippen molar-refractivity contribution in [1.82, 2.24) is 0 Å². The van der Waals surface area contributed by atoms with E-state index in [9.17, 15) is 14.4 Å². The van der Waals surface area contributed by atoms with Crippen LogP contribution in [-0.2, 0) is 14.4 Å². The van der Waals surface area contributed by atoms with Crippen LogP contribution in [0, 0.1) is 0 Å². The van der Waals surface area contributed by atoms with Gasteiger partial charge in [-0.3, -0.25) is 14.4 Å². The zero-order chi connectivity index (χ0) is 16.5. The number of rotatable bonds is 7. The molecule has 0 aromatic rings. The number of thioether (sulfide) groups is 1. The fourth-order valence-electron chi connectivity index (χ4n) is 0.465. The molecule has 0 heterocycles. The fraction of sp³-hybridized carbons (Fsp3) is 0.700. The maximum Gasteiger partial charge on any atom is 0.323 e. The molecule has 0 aliphatic carbocycles. The molecule has 20 heavy (non-hydrogen) atoms. The lowest BCUT2D eigenvalue weighted by molar-refractivity contribution is -0.142. The lowest BCUT2D eigenvalue weighted by Crippen LogP contribution is -2.41. The molecular weight excluding hydrogens is 290 g/mol. The normalized spacial score (nSPS) is 13.7. The van der Waals surface area contributed by atoms with Gasteiger partial charge in [-0.15, -0.1) is 0 Å². The smallest absolute Gasteiger partial charge is 0.323 e. The summed E-state index contributed by atoms with van der Waals surface area (Å²) < 4.78 is 0. The van der Waals surface area contributed by atoms with Crippen molar-refractivity contribution in [1.29, 1.82) is 0 Å². The Balaban J connectivity index is 0. The number of aliphatic carboxylic acids is 3. The first-order valence-corrected chi connectivity index (χ1v) is 6.61. The molecule has 10 heteroatoms. The standard InChI is InChI=1S/C6H12N2O4S.C4H9NO2/c7-3(5(9)10)1-13-2-4(8)6(11)12;1-4(2,5)3(6)7/h3-4H,1-2,7-8H2,(H,9,10)(H,11,12);5H2,1-2H3,(H,6,7)/t3-,4-;/m0./s1. The van der Waals surface area contributed by atoms with E-state index < -0.39 is 35.5 Å². The van der Waals surface area contributed by atoms with E-state index in [-0.39, 0.29) is 11.5 Å². The second-order valence-corrected chi connectivity index (χ2v) is 5.53. The Morgan fingerprint density at radius 1 is 1.00 bits per heavy atom. The van der Waals surface area contributed by atoms with Crippen LogP contribution in [0.5, 0.6) is 0 Å². The van der Waals surface area contributed by atoms with Gasteiger partial charge in [-0.25, -0.2) is 0 Å². The van der Waals surface area contributed by atoms with Gasteiger partial charge < -0.3 is 32.5 Å². The van der Waals surface area contributed by atoms with Gasteiger partial charge in [-0.2, -0.15) is 11.8 Å². The second kappa shape index (κ2) is 9.53. The molecule has 0 amide bonds. The minimum Gasteiger partial charge on any atom is -0.480 e. The first-order valence-electron chi connectivity index (χ1n) is 5.46. The summed E-state index contributed by atoms with van der Waals surface area (Å²) in [4.78, 5) is 30.3. The summed E-state index contributed by atoms with van der Waals surface area (Å²) in [7, 11) is 0. The Kier molecular flexibility index (Phi) is 9.98. The minimum absolute atomic E-state index is 0.163. The zero-order valence-electron chi connectivity index (χ0n) is 11.3. The summed E-state index contributed by atoms with van der Waals surface area (Å²) in [5, 5.41) is 24.9. The maximum atomic E-state index is 10.2. The molecule has 0 radical (unpaired) electrons. The van der Waals surface area contributed by atoms with Crippen molar-refractivity contribution in [2.24, 2.45) is 17.2 Å². The fourth-order valence-corrected chi connectivity index (χ4v) is 1.39. The van der Waals surface area contributed by atoms with Gasteiger partial charge in [0.2, 0.25) is 0 Å². The van der Waals surface area contributed by atoms with Gasteiger partial charge >= 0.3 is 17.9 Å². The van der Waals surface area contributed by atoms with Gasteiger partial charge in [0.25, 0.3) is 0 Å². The van der Waals surface area contributed by atoms with Crippen molar-refractivity contribution in [3.05, 3.63) is 0 Å². The van der Waals surface area contributed by atoms with E-state index in [1.54, 1.807) is 0 Å². The van der Waals surface area contributed by atoms with Gasteiger partial charge in [-0.1, -0.05) is 0 Å². The lowest BCUT2D eigenvalue weighted by Gasteiger charge is -2.09. The van der Waals surface area contributed by atoms with Crippen molar-refractivity contribution in [2.75, 3.05) is 11.5 Å². The SMILES string of the molecule is CC(C)(N)C(=O)O.N[C@@H](CSC[C@H](N)C(=O)O)C(=O)O. The highest BCUT2D eigenvalue weighted by molar-refractivity contribution is 7.99. The van der Waals surface area contributed by atoms with E-state index in [0.717, 1.165) is 11.8 Å². The molecule has 0 rings (SSSR count). The average Bonchev–Trinajstić information content (AvgIpc) is 2.27. The van der Waals surface area contributed by atoms with Crippen LogP contribution in [0.15, 0.2) is 0 Å². The van der Waals surface area contributed by atoms with E-state index in [1.165, 1.54) is 13.8 Å². The number of nitrogens with two attached hydrogens (primary N) is 3. The Bertz CT molecular complexity index is 324. The monoisotopic (exact) mass is 311 g/mol. The molecule has 0 aliphatic heterocycles. The van der Waals surface area contributed by atoms with E-state index in [0.29, 0.717) is 0 Å². The van der Waals surface area contributed by atoms with Crippen LogP contribution >= 0.6 is 11.8 Å². The predicted octanol–water partition coefficient (Wildman–Crippen LogP) is -1.65. The largest absolute Gasteiger partial charge is 0.480 e. The highest BCUT2D eigenvalue weighted by Gasteiger charge is 2.19. The Morgan fingerprint density at radius 2 is 1.25 bits per heavy atom. The van der Waals surface area contributed by atoms with Crippen LogP contribution < -0.4 is 17.2 Å². The topological polar surface area (TPSA) is 190 Å². The molecule has 0 aliphatic rings. The molecular formula is C10H21N3O6S. The summed E-state index contributed by atoms with van der Waals surface area (Å²) in [6, 6.07) is -1.93. The number of hydrogen-bond acceptors (Lipinski definition) is 7. The quantitative estimate of drug-likeness (QED) is 0.317. The van der Waals surface area contributed by atoms with Crippen LogP contribution in [0.2, 0.25) is 0 Å². The van der Waals surface area contributed by atoms with E-state index in [1.807, 2.05) is 0 Å². The van der Waals surface area contributed by atoms with Crippen molar-refractivity contribution >= 4 is 29.7 Å². The lowest BCUT2D eigenvalue weighted by atomic mass is 10.1. The van der Waals surface area contributed by atoms with Gasteiger partial charge in [-0.05, 0) is 13.8 Å². The second-order valence-electron chi connectivity index (χ2n) is 4.45. The van der Waals surface area contributed by atoms with Crippen molar-refractivity contribution in [2.45, 2.75) is 31.5 Å². The summed E-state index contributed by atoms with van der Waals surface area (Å²) in [5.74, 6) is -2.85. The third-order valence-electron chi connectivity index (χ3n) is 1.78. The van der Waals surface area contributed by atoms with Crippen LogP contribution in [-0.4, -0.2) is 62.4 Å². The number of carbonyl (C=O) groups is 3. The molecule has 0 saturated heterocycles. The number of carboxylic acids is 3. The molecule has 0 aromatic heterocycles. The van der Waals surface area contributed by atoms with E-state index in [4.69, 9.17) is 32.5 Å². The average molecular weight is 311 g/mol. The molecule has 118 valence electrons. The Labute approximate surface area is 120 Å². The Morgan fingerprint density at radius 3 is 1.40 bits per heavy atom. The third-order valence-corrected chi connectivity index (χ3v) is 2.97. The first-order chi connectivity index (χ1) is 8.89. The molecule has 0 unspecified atom stereocenters. The molecule has 0 saturated carbocycles. The maximum absolute atomic E-state index is 10.2. The summed E-state index contributed by atoms with van der Waals surface area (Å²) in [6.07, 6.45) is 0. The zero-order valence-corrected chi connectivity index (χ0v) is 12.1. The van der Waals surface area contributed by atoms with Gasteiger partial charge in [0.15, 0.2) is 0 Å². The molecule has 9 nitrogen and oxygen atoms in total. The van der Waals surface area contributed by atoms with E-state index >= 15 is 0 Å². The molecule has 2 atom stereocenters. The van der Waals surface area contributed by atoms with Crippen LogP contribution in [0.4, 0.5) is 0 Å². The number of hydrogen-bond donors (Lipinski definition) is 6. The molecule has 0 fully saturated rings. The molecule has 0 aromatic carbocycles. The summed E-state index contributed by atoms with van der Waals surface area (Å²) >= 11 is 1.11. The Hall–Kier alpha value is -1.36. The highest BCUT2D eigenvalue weighted by Crippen LogP contribution is 2.03. The van der Waals surface area contributed by atoms with Gasteiger partial charge in [0.1, 0.15) is 17.6 Å². The van der Waals surface area contributed by atoms with Crippen molar-refractivity contribution < 1.29 is 29.7 Å². The molecule has 0 bridgehead atoms. The first kappa shape index (κ1) is 20.9. The molecule has 9 N–H and O–H groups in total. The van der Waals surface area contributed by atoms with Crippen LogP contribution in [0.3, 0.4) is 0 Å². The van der Waals surface area contributed by atoms with Gasteiger partial charge in [0, 0.05) is 11.5 Å². The number of carboxylic acid groups (broad SMARTS) is 3.